The SMILES string of the molecule is CCCSc1ncc(Cl)c(C(=O)N(Cc2cccs2)[C@H]2CCS(=O)(=O)C2)n1. The van der Waals surface area contributed by atoms with E-state index in [1.54, 1.807) is 4.90 Å². The van der Waals surface area contributed by atoms with Crippen LogP contribution in [-0.2, 0) is 16.4 Å². The lowest BCUT2D eigenvalue weighted by Gasteiger charge is -2.28. The zero-order valence-corrected chi connectivity index (χ0v) is 18.0. The molecule has 1 aliphatic rings. The number of amides is 1. The van der Waals surface area contributed by atoms with Gasteiger partial charge in [0.2, 0.25) is 0 Å². The van der Waals surface area contributed by atoms with Gasteiger partial charge in [0.25, 0.3) is 5.91 Å². The summed E-state index contributed by atoms with van der Waals surface area (Å²) in [6, 6.07) is 3.46. The van der Waals surface area contributed by atoms with Crippen molar-refractivity contribution in [3.63, 3.8) is 0 Å². The third-order valence-electron chi connectivity index (χ3n) is 4.18. The fourth-order valence-electron chi connectivity index (χ4n) is 2.86. The first-order valence-electron chi connectivity index (χ1n) is 8.58. The number of rotatable bonds is 7. The van der Waals surface area contributed by atoms with Crippen LogP contribution in [0.25, 0.3) is 0 Å². The fraction of sp³-hybridized carbons (Fsp3) is 0.471. The number of hydrogen-bond acceptors (Lipinski definition) is 7. The number of hydrogen-bond donors (Lipinski definition) is 0. The number of aromatic nitrogens is 2. The second-order valence-electron chi connectivity index (χ2n) is 6.27. The normalized spacial score (nSPS) is 18.5. The van der Waals surface area contributed by atoms with Crippen molar-refractivity contribution < 1.29 is 13.2 Å². The van der Waals surface area contributed by atoms with Crippen LogP contribution in [0.15, 0.2) is 28.9 Å². The largest absolute Gasteiger partial charge is 0.328 e. The molecule has 0 bridgehead atoms. The van der Waals surface area contributed by atoms with Gasteiger partial charge in [-0.15, -0.1) is 11.3 Å². The molecular formula is C17H20ClN3O3S3. The highest BCUT2D eigenvalue weighted by Gasteiger charge is 2.36. The van der Waals surface area contributed by atoms with E-state index >= 15 is 0 Å². The van der Waals surface area contributed by atoms with E-state index in [0.29, 0.717) is 18.1 Å². The fourth-order valence-corrected chi connectivity index (χ4v) is 6.13. The monoisotopic (exact) mass is 445 g/mol. The van der Waals surface area contributed by atoms with Crippen LogP contribution in [0, 0.1) is 0 Å². The van der Waals surface area contributed by atoms with Gasteiger partial charge >= 0.3 is 0 Å². The van der Waals surface area contributed by atoms with Gasteiger partial charge in [-0.3, -0.25) is 4.79 Å². The van der Waals surface area contributed by atoms with Crippen LogP contribution < -0.4 is 0 Å². The smallest absolute Gasteiger partial charge is 0.274 e. The highest BCUT2D eigenvalue weighted by molar-refractivity contribution is 7.99. The number of carbonyl (C=O) groups excluding carboxylic acids is 1. The highest BCUT2D eigenvalue weighted by atomic mass is 35.5. The standard InChI is InChI=1S/C17H20ClN3O3S3/c1-2-6-26-17-19-9-14(18)15(20-17)16(22)21(10-13-4-3-7-25-13)12-5-8-27(23,24)11-12/h3-4,7,9,12H,2,5-6,8,10-11H2,1H3/t12-/m0/s1. The maximum Gasteiger partial charge on any atom is 0.274 e. The van der Waals surface area contributed by atoms with Gasteiger partial charge in [0.1, 0.15) is 0 Å². The average Bonchev–Trinajstić information content (AvgIpc) is 3.27. The number of sulfone groups is 1. The number of thiophene rings is 1. The minimum atomic E-state index is -3.13. The first-order chi connectivity index (χ1) is 12.9. The summed E-state index contributed by atoms with van der Waals surface area (Å²) in [4.78, 5) is 24.4. The van der Waals surface area contributed by atoms with E-state index in [1.165, 1.54) is 29.3 Å². The van der Waals surface area contributed by atoms with E-state index in [2.05, 4.69) is 16.9 Å². The molecule has 0 radical (unpaired) electrons. The van der Waals surface area contributed by atoms with Crippen LogP contribution in [0.4, 0.5) is 0 Å². The summed E-state index contributed by atoms with van der Waals surface area (Å²) in [7, 11) is -3.13. The summed E-state index contributed by atoms with van der Waals surface area (Å²) in [5.41, 5.74) is 0.131. The molecule has 6 nitrogen and oxygen atoms in total. The Morgan fingerprint density at radius 2 is 2.30 bits per heavy atom. The first kappa shape index (κ1) is 20.6. The van der Waals surface area contributed by atoms with Gasteiger partial charge in [-0.1, -0.05) is 36.4 Å². The number of halogens is 1. The molecular weight excluding hydrogens is 426 g/mol. The third-order valence-corrected chi connectivity index (χ3v) is 8.13. The zero-order valence-electron chi connectivity index (χ0n) is 14.8. The van der Waals surface area contributed by atoms with Gasteiger partial charge in [-0.2, -0.15) is 0 Å². The molecule has 0 aromatic carbocycles. The van der Waals surface area contributed by atoms with E-state index in [-0.39, 0.29) is 34.2 Å². The van der Waals surface area contributed by atoms with Crippen LogP contribution in [0.1, 0.15) is 35.1 Å². The molecule has 10 heteroatoms. The van der Waals surface area contributed by atoms with Crippen molar-refractivity contribution in [3.05, 3.63) is 39.3 Å². The Bertz CT molecular complexity index is 903. The van der Waals surface area contributed by atoms with Crippen molar-refractivity contribution in [3.8, 4) is 0 Å². The molecule has 0 spiro atoms. The molecule has 0 aliphatic carbocycles. The Hall–Kier alpha value is -1.16. The molecule has 3 rings (SSSR count). The molecule has 2 aromatic rings. The molecule has 0 unspecified atom stereocenters. The maximum atomic E-state index is 13.3. The van der Waals surface area contributed by atoms with E-state index < -0.39 is 9.84 Å². The number of thioether (sulfide) groups is 1. The topological polar surface area (TPSA) is 80.2 Å². The van der Waals surface area contributed by atoms with Gasteiger partial charge in [0.15, 0.2) is 20.7 Å². The van der Waals surface area contributed by atoms with Crippen molar-refractivity contribution in [2.45, 2.75) is 37.5 Å². The Morgan fingerprint density at radius 3 is 2.93 bits per heavy atom. The molecule has 0 saturated carbocycles. The van der Waals surface area contributed by atoms with E-state index in [4.69, 9.17) is 11.6 Å². The first-order valence-corrected chi connectivity index (χ1v) is 12.6. The van der Waals surface area contributed by atoms with Crippen molar-refractivity contribution in [2.24, 2.45) is 0 Å². The lowest BCUT2D eigenvalue weighted by molar-refractivity contribution is 0.0676. The summed E-state index contributed by atoms with van der Waals surface area (Å²) in [6.07, 6.45) is 2.83. The summed E-state index contributed by atoms with van der Waals surface area (Å²) >= 11 is 9.21. The van der Waals surface area contributed by atoms with Crippen molar-refractivity contribution >= 4 is 50.4 Å². The second-order valence-corrected chi connectivity index (χ2v) is 11.0. The van der Waals surface area contributed by atoms with Crippen molar-refractivity contribution in [1.82, 2.24) is 14.9 Å². The van der Waals surface area contributed by atoms with Gasteiger partial charge in [-0.25, -0.2) is 18.4 Å². The summed E-state index contributed by atoms with van der Waals surface area (Å²) in [5, 5.41) is 2.61. The molecule has 146 valence electrons. The van der Waals surface area contributed by atoms with E-state index in [0.717, 1.165) is 17.1 Å². The third kappa shape index (κ3) is 5.22. The summed E-state index contributed by atoms with van der Waals surface area (Å²) in [5.74, 6) is 0.566. The molecule has 3 heterocycles. The highest BCUT2D eigenvalue weighted by Crippen LogP contribution is 2.26. The quantitative estimate of drug-likeness (QED) is 0.479. The molecule has 1 saturated heterocycles. The number of nitrogens with zero attached hydrogens (tertiary/aromatic N) is 3. The Kier molecular flexibility index (Phi) is 6.78. The molecule has 1 atom stereocenters. The zero-order chi connectivity index (χ0) is 19.4. The Balaban J connectivity index is 1.90. The minimum absolute atomic E-state index is 0.0236. The predicted octanol–water partition coefficient (Wildman–Crippen LogP) is 3.52. The van der Waals surface area contributed by atoms with Crippen LogP contribution in [-0.4, -0.2) is 52.5 Å². The van der Waals surface area contributed by atoms with Crippen LogP contribution in [0.5, 0.6) is 0 Å². The van der Waals surface area contributed by atoms with E-state index in [1.807, 2.05) is 17.5 Å². The Labute approximate surface area is 172 Å². The molecule has 2 aromatic heterocycles. The number of carbonyl (C=O) groups is 1. The predicted molar refractivity (Wildman–Crippen MR) is 109 cm³/mol. The van der Waals surface area contributed by atoms with Crippen molar-refractivity contribution in [1.29, 1.82) is 0 Å². The van der Waals surface area contributed by atoms with E-state index in [9.17, 15) is 13.2 Å². The van der Waals surface area contributed by atoms with Gasteiger partial charge in [0.05, 0.1) is 29.3 Å². The summed E-state index contributed by atoms with van der Waals surface area (Å²) in [6.45, 7) is 2.40. The Morgan fingerprint density at radius 1 is 1.48 bits per heavy atom. The molecule has 0 N–H and O–H groups in total. The summed E-state index contributed by atoms with van der Waals surface area (Å²) < 4.78 is 23.9. The molecule has 27 heavy (non-hydrogen) atoms. The van der Waals surface area contributed by atoms with Crippen LogP contribution in [0.2, 0.25) is 5.02 Å². The minimum Gasteiger partial charge on any atom is -0.328 e. The lowest BCUT2D eigenvalue weighted by atomic mass is 10.2. The molecule has 1 aliphatic heterocycles. The molecule has 1 amide bonds. The maximum absolute atomic E-state index is 13.3. The van der Waals surface area contributed by atoms with Gasteiger partial charge in [-0.05, 0) is 24.3 Å². The van der Waals surface area contributed by atoms with Crippen LogP contribution in [0.3, 0.4) is 0 Å². The van der Waals surface area contributed by atoms with Crippen molar-refractivity contribution in [2.75, 3.05) is 17.3 Å². The van der Waals surface area contributed by atoms with Gasteiger partial charge in [0, 0.05) is 16.7 Å². The van der Waals surface area contributed by atoms with Crippen LogP contribution >= 0.6 is 34.7 Å². The average molecular weight is 446 g/mol. The van der Waals surface area contributed by atoms with Gasteiger partial charge < -0.3 is 4.90 Å². The second kappa shape index (κ2) is 8.89. The lowest BCUT2D eigenvalue weighted by Crippen LogP contribution is -2.41. The molecule has 1 fully saturated rings.